The molecule has 17 heavy (non-hydrogen) atoms. The Labute approximate surface area is 108 Å². The van der Waals surface area contributed by atoms with Gasteiger partial charge in [-0.2, -0.15) is 0 Å². The van der Waals surface area contributed by atoms with Gasteiger partial charge in [0.05, 0.1) is 5.02 Å². The Morgan fingerprint density at radius 1 is 1.35 bits per heavy atom. The summed E-state index contributed by atoms with van der Waals surface area (Å²) in [5, 5.41) is 4.21. The third kappa shape index (κ3) is 3.90. The van der Waals surface area contributed by atoms with E-state index in [1.165, 1.54) is 25.7 Å². The van der Waals surface area contributed by atoms with Crippen molar-refractivity contribution in [2.75, 3.05) is 13.2 Å². The summed E-state index contributed by atoms with van der Waals surface area (Å²) < 4.78 is 5.66. The topological polar surface area (TPSA) is 21.3 Å². The summed E-state index contributed by atoms with van der Waals surface area (Å²) in [4.78, 5) is 0. The monoisotopic (exact) mass is 253 g/mol. The molecule has 94 valence electrons. The molecule has 0 unspecified atom stereocenters. The van der Waals surface area contributed by atoms with E-state index in [9.17, 15) is 0 Å². The number of aryl methyl sites for hydroxylation is 1. The van der Waals surface area contributed by atoms with Gasteiger partial charge in [-0.3, -0.25) is 0 Å². The maximum Gasteiger partial charge on any atom is 0.137 e. The third-order valence-corrected chi connectivity index (χ3v) is 3.53. The highest BCUT2D eigenvalue weighted by Crippen LogP contribution is 2.25. The van der Waals surface area contributed by atoms with E-state index >= 15 is 0 Å². The predicted molar refractivity (Wildman–Crippen MR) is 71.9 cm³/mol. The Kier molecular flexibility index (Phi) is 4.69. The van der Waals surface area contributed by atoms with Crippen molar-refractivity contribution in [3.8, 4) is 5.75 Å². The van der Waals surface area contributed by atoms with Crippen molar-refractivity contribution in [1.82, 2.24) is 5.32 Å². The molecule has 0 bridgehead atoms. The first-order chi connectivity index (χ1) is 8.25. The molecule has 1 aromatic carbocycles. The lowest BCUT2D eigenvalue weighted by Gasteiger charge is -2.13. The van der Waals surface area contributed by atoms with Crippen LogP contribution in [0.1, 0.15) is 31.2 Å². The van der Waals surface area contributed by atoms with Crippen molar-refractivity contribution >= 4 is 11.6 Å². The molecule has 1 fully saturated rings. The second kappa shape index (κ2) is 6.27. The van der Waals surface area contributed by atoms with Gasteiger partial charge in [0, 0.05) is 12.6 Å². The number of nitrogens with one attached hydrogen (secondary N) is 1. The van der Waals surface area contributed by atoms with E-state index in [1.807, 2.05) is 25.1 Å². The van der Waals surface area contributed by atoms with Crippen LogP contribution in [0.25, 0.3) is 0 Å². The SMILES string of the molecule is Cc1ccc(OCCNC2CCCC2)c(Cl)c1. The molecule has 2 nitrogen and oxygen atoms in total. The Bertz CT molecular complexity index is 361. The fraction of sp³-hybridized carbons (Fsp3) is 0.571. The maximum absolute atomic E-state index is 6.09. The second-order valence-corrected chi connectivity index (χ2v) is 5.13. The van der Waals surface area contributed by atoms with Crippen LogP contribution in [0, 0.1) is 6.92 Å². The van der Waals surface area contributed by atoms with Crippen molar-refractivity contribution in [2.45, 2.75) is 38.6 Å². The summed E-state index contributed by atoms with van der Waals surface area (Å²) in [5.41, 5.74) is 1.16. The van der Waals surface area contributed by atoms with E-state index in [2.05, 4.69) is 5.32 Å². The molecule has 1 N–H and O–H groups in total. The number of hydrogen-bond donors (Lipinski definition) is 1. The first-order valence-electron chi connectivity index (χ1n) is 6.38. The molecular formula is C14H20ClNO. The Balaban J connectivity index is 1.70. The van der Waals surface area contributed by atoms with Crippen molar-refractivity contribution in [3.63, 3.8) is 0 Å². The molecule has 1 aliphatic carbocycles. The summed E-state index contributed by atoms with van der Waals surface area (Å²) in [6.45, 7) is 3.60. The molecule has 0 saturated heterocycles. The zero-order valence-electron chi connectivity index (χ0n) is 10.3. The predicted octanol–water partition coefficient (Wildman–Crippen LogP) is 3.56. The number of halogens is 1. The molecule has 3 heteroatoms. The van der Waals surface area contributed by atoms with Crippen LogP contribution in [0.2, 0.25) is 5.02 Å². The van der Waals surface area contributed by atoms with E-state index in [0.717, 1.165) is 17.9 Å². The normalized spacial score (nSPS) is 16.4. The van der Waals surface area contributed by atoms with E-state index in [-0.39, 0.29) is 0 Å². The van der Waals surface area contributed by atoms with Gasteiger partial charge in [0.2, 0.25) is 0 Å². The standard InChI is InChI=1S/C14H20ClNO/c1-11-6-7-14(13(15)10-11)17-9-8-16-12-4-2-3-5-12/h6-7,10,12,16H,2-5,8-9H2,1H3. The van der Waals surface area contributed by atoms with Gasteiger partial charge in [0.25, 0.3) is 0 Å². The molecular weight excluding hydrogens is 234 g/mol. The average molecular weight is 254 g/mol. The largest absolute Gasteiger partial charge is 0.491 e. The lowest BCUT2D eigenvalue weighted by Crippen LogP contribution is -2.30. The lowest BCUT2D eigenvalue weighted by atomic mass is 10.2. The fourth-order valence-corrected chi connectivity index (χ4v) is 2.57. The second-order valence-electron chi connectivity index (χ2n) is 4.72. The van der Waals surface area contributed by atoms with Gasteiger partial charge >= 0.3 is 0 Å². The van der Waals surface area contributed by atoms with Crippen LogP contribution < -0.4 is 10.1 Å². The van der Waals surface area contributed by atoms with Crippen LogP contribution in [-0.4, -0.2) is 19.2 Å². The molecule has 0 heterocycles. The molecule has 0 aliphatic heterocycles. The number of hydrogen-bond acceptors (Lipinski definition) is 2. The quantitative estimate of drug-likeness (QED) is 0.811. The highest BCUT2D eigenvalue weighted by atomic mass is 35.5. The van der Waals surface area contributed by atoms with Gasteiger partial charge in [-0.15, -0.1) is 0 Å². The van der Waals surface area contributed by atoms with Crippen molar-refractivity contribution in [3.05, 3.63) is 28.8 Å². The minimum Gasteiger partial charge on any atom is -0.491 e. The van der Waals surface area contributed by atoms with Gasteiger partial charge in [-0.25, -0.2) is 0 Å². The molecule has 0 atom stereocenters. The van der Waals surface area contributed by atoms with Gasteiger partial charge in [0.1, 0.15) is 12.4 Å². The molecule has 0 radical (unpaired) electrons. The smallest absolute Gasteiger partial charge is 0.137 e. The molecule has 1 aliphatic rings. The van der Waals surface area contributed by atoms with E-state index in [1.54, 1.807) is 0 Å². The summed E-state index contributed by atoms with van der Waals surface area (Å²) in [7, 11) is 0. The Hall–Kier alpha value is -0.730. The maximum atomic E-state index is 6.09. The number of benzene rings is 1. The fourth-order valence-electron chi connectivity index (χ4n) is 2.28. The number of rotatable bonds is 5. The highest BCUT2D eigenvalue weighted by molar-refractivity contribution is 6.32. The summed E-state index contributed by atoms with van der Waals surface area (Å²) in [6, 6.07) is 6.59. The first-order valence-corrected chi connectivity index (χ1v) is 6.76. The third-order valence-electron chi connectivity index (χ3n) is 3.24. The molecule has 0 amide bonds. The summed E-state index contributed by atoms with van der Waals surface area (Å²) in [5.74, 6) is 0.783. The first kappa shape index (κ1) is 12.7. The molecule has 0 aromatic heterocycles. The van der Waals surface area contributed by atoms with Gasteiger partial charge < -0.3 is 10.1 Å². The van der Waals surface area contributed by atoms with Gasteiger partial charge in [-0.1, -0.05) is 30.5 Å². The number of ether oxygens (including phenoxy) is 1. The van der Waals surface area contributed by atoms with Gasteiger partial charge in [0.15, 0.2) is 0 Å². The van der Waals surface area contributed by atoms with Crippen molar-refractivity contribution in [2.24, 2.45) is 0 Å². The Morgan fingerprint density at radius 3 is 2.82 bits per heavy atom. The van der Waals surface area contributed by atoms with E-state index in [4.69, 9.17) is 16.3 Å². The van der Waals surface area contributed by atoms with Crippen molar-refractivity contribution in [1.29, 1.82) is 0 Å². The highest BCUT2D eigenvalue weighted by Gasteiger charge is 2.13. The minimum absolute atomic E-state index is 0.680. The van der Waals surface area contributed by atoms with E-state index < -0.39 is 0 Å². The zero-order valence-corrected chi connectivity index (χ0v) is 11.1. The molecule has 0 spiro atoms. The van der Waals surface area contributed by atoms with Crippen LogP contribution >= 0.6 is 11.6 Å². The van der Waals surface area contributed by atoms with Crippen LogP contribution in [0.5, 0.6) is 5.75 Å². The minimum atomic E-state index is 0.680. The average Bonchev–Trinajstić information content (AvgIpc) is 2.79. The van der Waals surface area contributed by atoms with Crippen molar-refractivity contribution < 1.29 is 4.74 Å². The molecule has 1 aromatic rings. The lowest BCUT2D eigenvalue weighted by molar-refractivity contribution is 0.305. The van der Waals surface area contributed by atoms with Crippen LogP contribution in [0.3, 0.4) is 0 Å². The van der Waals surface area contributed by atoms with Crippen LogP contribution in [0.15, 0.2) is 18.2 Å². The van der Waals surface area contributed by atoms with Gasteiger partial charge in [-0.05, 0) is 37.5 Å². The summed E-state index contributed by atoms with van der Waals surface area (Å²) >= 11 is 6.09. The zero-order chi connectivity index (χ0) is 12.1. The van der Waals surface area contributed by atoms with Crippen LogP contribution in [-0.2, 0) is 0 Å². The molecule has 2 rings (SSSR count). The summed E-state index contributed by atoms with van der Waals surface area (Å²) in [6.07, 6.45) is 5.35. The molecule has 1 saturated carbocycles. The van der Waals surface area contributed by atoms with E-state index in [0.29, 0.717) is 17.7 Å². The van der Waals surface area contributed by atoms with Crippen LogP contribution in [0.4, 0.5) is 0 Å². The Morgan fingerprint density at radius 2 is 2.12 bits per heavy atom.